The molecule has 0 saturated carbocycles. The van der Waals surface area contributed by atoms with Crippen molar-refractivity contribution in [3.63, 3.8) is 0 Å². The van der Waals surface area contributed by atoms with Gasteiger partial charge in [-0.15, -0.1) is 0 Å². The summed E-state index contributed by atoms with van der Waals surface area (Å²) >= 11 is 0. The van der Waals surface area contributed by atoms with Crippen molar-refractivity contribution >= 4 is 5.91 Å². The average molecular weight is 280 g/mol. The molecule has 1 aromatic carbocycles. The molecular formula is C15H21FN2O2. The number of ether oxygens (including phenoxy) is 1. The van der Waals surface area contributed by atoms with Gasteiger partial charge < -0.3 is 9.64 Å². The molecule has 0 aliphatic carbocycles. The monoisotopic (exact) mass is 280 g/mol. The van der Waals surface area contributed by atoms with Gasteiger partial charge in [0.25, 0.3) is 0 Å². The maximum atomic E-state index is 13.0. The van der Waals surface area contributed by atoms with Crippen LogP contribution in [0.4, 0.5) is 4.39 Å². The zero-order valence-corrected chi connectivity index (χ0v) is 12.1. The third kappa shape index (κ3) is 2.99. The number of amides is 1. The molecule has 2 rings (SSSR count). The van der Waals surface area contributed by atoms with Crippen molar-refractivity contribution in [2.75, 3.05) is 20.3 Å². The first-order valence-electron chi connectivity index (χ1n) is 6.85. The van der Waals surface area contributed by atoms with Crippen LogP contribution in [0, 0.1) is 11.7 Å². The molecule has 1 fully saturated rings. The van der Waals surface area contributed by atoms with E-state index in [0.717, 1.165) is 5.56 Å². The van der Waals surface area contributed by atoms with E-state index in [1.807, 2.05) is 13.8 Å². The van der Waals surface area contributed by atoms with Crippen LogP contribution >= 0.6 is 0 Å². The standard InChI is InChI=1S/C15H21FN2O2/c1-10(2)13-15(19)18(8-9-20-3)14(17-13)11-4-6-12(16)7-5-11/h4-7,10,13-14,17H,8-9H2,1-3H3. The van der Waals surface area contributed by atoms with Crippen molar-refractivity contribution in [2.24, 2.45) is 5.92 Å². The van der Waals surface area contributed by atoms with Gasteiger partial charge in [0, 0.05) is 13.7 Å². The van der Waals surface area contributed by atoms with Crippen LogP contribution in [0.2, 0.25) is 0 Å². The summed E-state index contributed by atoms with van der Waals surface area (Å²) in [6, 6.07) is 6.05. The van der Waals surface area contributed by atoms with Crippen LogP contribution in [0.5, 0.6) is 0 Å². The molecule has 1 N–H and O–H groups in total. The maximum Gasteiger partial charge on any atom is 0.241 e. The highest BCUT2D eigenvalue weighted by molar-refractivity contribution is 5.84. The van der Waals surface area contributed by atoms with Gasteiger partial charge >= 0.3 is 0 Å². The highest BCUT2D eigenvalue weighted by atomic mass is 19.1. The van der Waals surface area contributed by atoms with Crippen molar-refractivity contribution in [1.82, 2.24) is 10.2 Å². The summed E-state index contributed by atoms with van der Waals surface area (Å²) in [5.41, 5.74) is 0.888. The van der Waals surface area contributed by atoms with Gasteiger partial charge in [0.1, 0.15) is 12.0 Å². The van der Waals surface area contributed by atoms with Gasteiger partial charge in [0.15, 0.2) is 0 Å². The number of carbonyl (C=O) groups excluding carboxylic acids is 1. The quantitative estimate of drug-likeness (QED) is 0.896. The molecule has 5 heteroatoms. The van der Waals surface area contributed by atoms with Gasteiger partial charge in [-0.05, 0) is 23.6 Å². The van der Waals surface area contributed by atoms with Crippen LogP contribution in [0.15, 0.2) is 24.3 Å². The molecule has 1 aromatic rings. The van der Waals surface area contributed by atoms with Crippen LogP contribution in [-0.4, -0.2) is 37.1 Å². The minimum atomic E-state index is -0.276. The topological polar surface area (TPSA) is 41.6 Å². The zero-order valence-electron chi connectivity index (χ0n) is 12.1. The van der Waals surface area contributed by atoms with Gasteiger partial charge in [0.05, 0.1) is 12.6 Å². The highest BCUT2D eigenvalue weighted by Gasteiger charge is 2.40. The third-order valence-electron chi connectivity index (χ3n) is 3.59. The van der Waals surface area contributed by atoms with E-state index in [1.54, 1.807) is 24.1 Å². The molecule has 4 nitrogen and oxygen atoms in total. The van der Waals surface area contributed by atoms with E-state index in [4.69, 9.17) is 4.74 Å². The lowest BCUT2D eigenvalue weighted by molar-refractivity contribution is -0.131. The molecular weight excluding hydrogens is 259 g/mol. The normalized spacial score (nSPS) is 22.9. The van der Waals surface area contributed by atoms with Crippen LogP contribution < -0.4 is 5.32 Å². The van der Waals surface area contributed by atoms with Crippen LogP contribution in [0.1, 0.15) is 25.6 Å². The lowest BCUT2D eigenvalue weighted by atomic mass is 10.1. The molecule has 2 unspecified atom stereocenters. The van der Waals surface area contributed by atoms with Gasteiger partial charge in [-0.1, -0.05) is 26.0 Å². The van der Waals surface area contributed by atoms with E-state index in [2.05, 4.69) is 5.32 Å². The minimum Gasteiger partial charge on any atom is -0.383 e. The Balaban J connectivity index is 2.23. The fraction of sp³-hybridized carbons (Fsp3) is 0.533. The van der Waals surface area contributed by atoms with Crippen LogP contribution in [-0.2, 0) is 9.53 Å². The van der Waals surface area contributed by atoms with Gasteiger partial charge in [0.2, 0.25) is 5.91 Å². The van der Waals surface area contributed by atoms with Gasteiger partial charge in [-0.2, -0.15) is 0 Å². The predicted molar refractivity (Wildman–Crippen MR) is 74.5 cm³/mol. The number of benzene rings is 1. The first-order chi connectivity index (χ1) is 9.54. The molecule has 1 amide bonds. The highest BCUT2D eigenvalue weighted by Crippen LogP contribution is 2.27. The number of hydrogen-bond acceptors (Lipinski definition) is 3. The molecule has 110 valence electrons. The molecule has 0 spiro atoms. The number of nitrogens with zero attached hydrogens (tertiary/aromatic N) is 1. The summed E-state index contributed by atoms with van der Waals surface area (Å²) in [6.45, 7) is 5.03. The van der Waals surface area contributed by atoms with E-state index in [0.29, 0.717) is 13.2 Å². The Morgan fingerprint density at radius 2 is 2.00 bits per heavy atom. The summed E-state index contributed by atoms with van der Waals surface area (Å²) in [7, 11) is 1.61. The lowest BCUT2D eigenvalue weighted by Crippen LogP contribution is -2.35. The number of carbonyl (C=O) groups is 1. The van der Waals surface area contributed by atoms with Crippen molar-refractivity contribution in [3.05, 3.63) is 35.6 Å². The zero-order chi connectivity index (χ0) is 14.7. The Bertz CT molecular complexity index is 461. The van der Waals surface area contributed by atoms with E-state index in [-0.39, 0.29) is 29.8 Å². The number of halogens is 1. The Hall–Kier alpha value is -1.46. The van der Waals surface area contributed by atoms with E-state index in [9.17, 15) is 9.18 Å². The first kappa shape index (κ1) is 14.9. The molecule has 1 heterocycles. The van der Waals surface area contributed by atoms with Gasteiger partial charge in [-0.3, -0.25) is 10.1 Å². The molecule has 1 aliphatic rings. The Labute approximate surface area is 118 Å². The van der Waals surface area contributed by atoms with Crippen LogP contribution in [0.25, 0.3) is 0 Å². The fourth-order valence-corrected chi connectivity index (χ4v) is 2.47. The second-order valence-electron chi connectivity index (χ2n) is 5.37. The second kappa shape index (κ2) is 6.33. The summed E-state index contributed by atoms with van der Waals surface area (Å²) in [6.07, 6.45) is -0.217. The minimum absolute atomic E-state index is 0.0753. The van der Waals surface area contributed by atoms with E-state index < -0.39 is 0 Å². The van der Waals surface area contributed by atoms with E-state index in [1.165, 1.54) is 12.1 Å². The summed E-state index contributed by atoms with van der Waals surface area (Å²) < 4.78 is 18.1. The number of nitrogens with one attached hydrogen (secondary N) is 1. The summed E-state index contributed by atoms with van der Waals surface area (Å²) in [4.78, 5) is 14.2. The molecule has 0 bridgehead atoms. The Kier molecular flexibility index (Phi) is 4.73. The third-order valence-corrected chi connectivity index (χ3v) is 3.59. The van der Waals surface area contributed by atoms with Crippen molar-refractivity contribution < 1.29 is 13.9 Å². The van der Waals surface area contributed by atoms with Crippen molar-refractivity contribution in [3.8, 4) is 0 Å². The van der Waals surface area contributed by atoms with E-state index >= 15 is 0 Å². The van der Waals surface area contributed by atoms with Crippen LogP contribution in [0.3, 0.4) is 0 Å². The van der Waals surface area contributed by atoms with Crippen molar-refractivity contribution in [1.29, 1.82) is 0 Å². The molecule has 0 aromatic heterocycles. The van der Waals surface area contributed by atoms with Gasteiger partial charge in [-0.25, -0.2) is 4.39 Å². The number of hydrogen-bond donors (Lipinski definition) is 1. The lowest BCUT2D eigenvalue weighted by Gasteiger charge is -2.24. The largest absolute Gasteiger partial charge is 0.383 e. The molecule has 0 radical (unpaired) electrons. The SMILES string of the molecule is COCCN1C(=O)C(C(C)C)NC1c1ccc(F)cc1. The average Bonchev–Trinajstić information content (AvgIpc) is 2.75. The van der Waals surface area contributed by atoms with Crippen molar-refractivity contribution in [2.45, 2.75) is 26.1 Å². The Morgan fingerprint density at radius 3 is 2.55 bits per heavy atom. The fourth-order valence-electron chi connectivity index (χ4n) is 2.47. The molecule has 1 aliphatic heterocycles. The first-order valence-corrected chi connectivity index (χ1v) is 6.85. The second-order valence-corrected chi connectivity index (χ2v) is 5.37. The molecule has 1 saturated heterocycles. The summed E-state index contributed by atoms with van der Waals surface area (Å²) in [5, 5.41) is 3.33. The smallest absolute Gasteiger partial charge is 0.241 e. The number of rotatable bonds is 5. The molecule has 20 heavy (non-hydrogen) atoms. The molecule has 2 atom stereocenters. The summed E-state index contributed by atoms with van der Waals surface area (Å²) in [5.74, 6) is 0.00583. The predicted octanol–water partition coefficient (Wildman–Crippen LogP) is 1.93. The Morgan fingerprint density at radius 1 is 1.35 bits per heavy atom. The number of methoxy groups -OCH3 is 1. The maximum absolute atomic E-state index is 13.0.